The normalized spacial score (nSPS) is 26.9. The van der Waals surface area contributed by atoms with Crippen LogP contribution in [0.5, 0.6) is 0 Å². The molecule has 1 saturated heterocycles. The summed E-state index contributed by atoms with van der Waals surface area (Å²) in [6.07, 6.45) is 1.34. The fourth-order valence-electron chi connectivity index (χ4n) is 3.83. The zero-order valence-electron chi connectivity index (χ0n) is 21.3. The summed E-state index contributed by atoms with van der Waals surface area (Å²) in [6.45, 7) is 4.13. The molecule has 4 unspecified atom stereocenters. The number of rotatable bonds is 10. The van der Waals surface area contributed by atoms with Gasteiger partial charge in [0, 0.05) is 51.2 Å². The second-order valence-corrected chi connectivity index (χ2v) is 13.0. The van der Waals surface area contributed by atoms with Crippen molar-refractivity contribution in [2.24, 2.45) is 0 Å². The number of nitrogens with one attached hydrogen (secondary N) is 2. The van der Waals surface area contributed by atoms with Crippen molar-refractivity contribution in [3.05, 3.63) is 48.5 Å². The van der Waals surface area contributed by atoms with E-state index in [1.165, 1.54) is 38.5 Å². The van der Waals surface area contributed by atoms with Gasteiger partial charge in [0.25, 0.3) is 0 Å². The van der Waals surface area contributed by atoms with E-state index in [0.717, 1.165) is 12.5 Å². The maximum absolute atomic E-state index is 11.7. The fraction of sp³-hybridized carbons (Fsp3) is 0.500. The van der Waals surface area contributed by atoms with Crippen LogP contribution in [0.4, 0.5) is 11.4 Å². The second kappa shape index (κ2) is 10.6. The van der Waals surface area contributed by atoms with Gasteiger partial charge in [-0.25, -0.2) is 16.8 Å². The van der Waals surface area contributed by atoms with Gasteiger partial charge in [-0.05, 0) is 62.4 Å². The molecule has 2 aromatic rings. The van der Waals surface area contributed by atoms with E-state index in [4.69, 9.17) is 18.9 Å². The molecule has 0 bridgehead atoms. The highest BCUT2D eigenvalue weighted by Gasteiger charge is 2.56. The number of benzene rings is 2. The van der Waals surface area contributed by atoms with E-state index in [1.54, 1.807) is 38.1 Å². The Morgan fingerprint density at radius 3 is 1.25 bits per heavy atom. The Kier molecular flexibility index (Phi) is 8.38. The summed E-state index contributed by atoms with van der Waals surface area (Å²) in [6, 6.07) is 12.9. The molecule has 36 heavy (non-hydrogen) atoms. The zero-order valence-corrected chi connectivity index (χ0v) is 22.9. The van der Waals surface area contributed by atoms with Crippen molar-refractivity contribution in [2.75, 3.05) is 50.5 Å². The third-order valence-corrected chi connectivity index (χ3v) is 8.61. The number of sulfone groups is 2. The molecule has 0 aromatic heterocycles. The topological polar surface area (TPSA) is 129 Å². The molecule has 3 rings (SSSR count). The van der Waals surface area contributed by atoms with Crippen molar-refractivity contribution in [3.8, 4) is 0 Å². The lowest BCUT2D eigenvalue weighted by molar-refractivity contribution is -0.444. The van der Waals surface area contributed by atoms with Crippen LogP contribution in [-0.2, 0) is 38.6 Å². The third kappa shape index (κ3) is 6.36. The van der Waals surface area contributed by atoms with E-state index in [1.807, 2.05) is 0 Å². The molecule has 0 radical (unpaired) electrons. The molecule has 200 valence electrons. The Hall–Kier alpha value is -2.22. The summed E-state index contributed by atoms with van der Waals surface area (Å²) >= 11 is 0. The molecule has 1 fully saturated rings. The summed E-state index contributed by atoms with van der Waals surface area (Å²) in [5, 5.41) is 6.52. The lowest BCUT2D eigenvalue weighted by Crippen LogP contribution is -2.67. The first-order chi connectivity index (χ1) is 16.7. The molecule has 4 atom stereocenters. The van der Waals surface area contributed by atoms with Crippen LogP contribution >= 0.6 is 0 Å². The van der Waals surface area contributed by atoms with Crippen molar-refractivity contribution in [1.82, 2.24) is 0 Å². The van der Waals surface area contributed by atoms with Crippen molar-refractivity contribution >= 4 is 31.0 Å². The highest BCUT2D eigenvalue weighted by Crippen LogP contribution is 2.39. The minimum Gasteiger partial charge on any atom is -0.382 e. The van der Waals surface area contributed by atoms with Crippen molar-refractivity contribution in [1.29, 1.82) is 0 Å². The van der Waals surface area contributed by atoms with Crippen molar-refractivity contribution < 1.29 is 35.8 Å². The van der Waals surface area contributed by atoms with Crippen LogP contribution < -0.4 is 10.6 Å². The highest BCUT2D eigenvalue weighted by atomic mass is 32.2. The number of hydrogen-bond acceptors (Lipinski definition) is 10. The SMILES string of the molecule is COC1(C)OC(CNc2ccc(S(C)(=O)=O)cc2)C(CNc2ccc(S(C)(=O)=O)cc2)OC1(C)OC. The largest absolute Gasteiger partial charge is 0.382 e. The molecule has 12 heteroatoms. The molecule has 1 heterocycles. The van der Waals surface area contributed by atoms with E-state index in [-0.39, 0.29) is 9.79 Å². The standard InChI is InChI=1S/C24H34N2O8S2/c1-23(31-3)24(2,32-4)34-22(16-26-18-9-13-20(14-10-18)36(6,29)30)21(33-23)15-25-17-7-11-19(12-8-17)35(5,27)28/h7-14,21-22,25-26H,15-16H2,1-6H3. The minimum atomic E-state index is -3.29. The lowest BCUT2D eigenvalue weighted by Gasteiger charge is -2.52. The van der Waals surface area contributed by atoms with Crippen LogP contribution in [0.15, 0.2) is 58.3 Å². The van der Waals surface area contributed by atoms with Crippen LogP contribution in [-0.4, -0.2) is 80.4 Å². The smallest absolute Gasteiger partial charge is 0.220 e. The maximum atomic E-state index is 11.7. The molecule has 0 amide bonds. The Morgan fingerprint density at radius 1 is 0.694 bits per heavy atom. The van der Waals surface area contributed by atoms with Gasteiger partial charge in [-0.15, -0.1) is 0 Å². The summed E-state index contributed by atoms with van der Waals surface area (Å²) in [4.78, 5) is 0.467. The number of ether oxygens (including phenoxy) is 4. The van der Waals surface area contributed by atoms with Crippen LogP contribution in [0, 0.1) is 0 Å². The Bertz CT molecular complexity index is 1150. The first kappa shape index (κ1) is 28.4. The van der Waals surface area contributed by atoms with Crippen LogP contribution in [0.2, 0.25) is 0 Å². The Labute approximate surface area is 213 Å². The van der Waals surface area contributed by atoms with Gasteiger partial charge in [0.15, 0.2) is 19.7 Å². The van der Waals surface area contributed by atoms with Gasteiger partial charge >= 0.3 is 0 Å². The van der Waals surface area contributed by atoms with Gasteiger partial charge < -0.3 is 29.6 Å². The summed E-state index contributed by atoms with van der Waals surface area (Å²) < 4.78 is 70.8. The van der Waals surface area contributed by atoms with E-state index in [9.17, 15) is 16.8 Å². The number of anilines is 2. The van der Waals surface area contributed by atoms with Gasteiger partial charge in [0.05, 0.1) is 9.79 Å². The number of methoxy groups -OCH3 is 2. The molecule has 2 N–H and O–H groups in total. The molecular formula is C24H34N2O8S2. The number of hydrogen-bond donors (Lipinski definition) is 2. The van der Waals surface area contributed by atoms with Gasteiger partial charge in [0.1, 0.15) is 12.2 Å². The Morgan fingerprint density at radius 2 is 1.00 bits per heavy atom. The first-order valence-corrected chi connectivity index (χ1v) is 15.0. The molecule has 10 nitrogen and oxygen atoms in total. The second-order valence-electron chi connectivity index (χ2n) is 8.97. The monoisotopic (exact) mass is 542 g/mol. The van der Waals surface area contributed by atoms with Gasteiger partial charge in [-0.3, -0.25) is 0 Å². The van der Waals surface area contributed by atoms with Crippen molar-refractivity contribution in [2.45, 2.75) is 47.4 Å². The molecular weight excluding hydrogens is 508 g/mol. The first-order valence-electron chi connectivity index (χ1n) is 11.2. The summed E-state index contributed by atoms with van der Waals surface area (Å²) in [5.74, 6) is -2.41. The van der Waals surface area contributed by atoms with E-state index in [2.05, 4.69) is 10.6 Å². The Balaban J connectivity index is 1.77. The minimum absolute atomic E-state index is 0.233. The average molecular weight is 543 g/mol. The highest BCUT2D eigenvalue weighted by molar-refractivity contribution is 7.91. The van der Waals surface area contributed by atoms with Crippen LogP contribution in [0.3, 0.4) is 0 Å². The van der Waals surface area contributed by atoms with Crippen molar-refractivity contribution in [3.63, 3.8) is 0 Å². The summed E-state index contributed by atoms with van der Waals surface area (Å²) in [5.41, 5.74) is 1.43. The van der Waals surface area contributed by atoms with Gasteiger partial charge in [0.2, 0.25) is 11.6 Å². The predicted molar refractivity (Wildman–Crippen MR) is 137 cm³/mol. The van der Waals surface area contributed by atoms with E-state index in [0.29, 0.717) is 24.5 Å². The van der Waals surface area contributed by atoms with Crippen LogP contribution in [0.1, 0.15) is 13.8 Å². The van der Waals surface area contributed by atoms with E-state index < -0.39 is 43.5 Å². The molecule has 1 aliphatic heterocycles. The third-order valence-electron chi connectivity index (χ3n) is 6.35. The molecule has 1 aliphatic rings. The molecule has 0 spiro atoms. The zero-order chi connectivity index (χ0) is 26.8. The molecule has 2 aromatic carbocycles. The quantitative estimate of drug-likeness (QED) is 0.462. The van der Waals surface area contributed by atoms with Gasteiger partial charge in [-0.1, -0.05) is 0 Å². The predicted octanol–water partition coefficient (Wildman–Crippen LogP) is 2.53. The molecule has 0 saturated carbocycles. The van der Waals surface area contributed by atoms with E-state index >= 15 is 0 Å². The average Bonchev–Trinajstić information content (AvgIpc) is 2.83. The fourth-order valence-corrected chi connectivity index (χ4v) is 5.09. The van der Waals surface area contributed by atoms with Crippen LogP contribution in [0.25, 0.3) is 0 Å². The van der Waals surface area contributed by atoms with Gasteiger partial charge in [-0.2, -0.15) is 0 Å². The molecule has 0 aliphatic carbocycles. The summed E-state index contributed by atoms with van der Waals surface area (Å²) in [7, 11) is -3.55. The lowest BCUT2D eigenvalue weighted by atomic mass is 10.0. The maximum Gasteiger partial charge on any atom is 0.220 e.